The molecule has 1 heterocycles. The Kier molecular flexibility index (Phi) is 4.49. The number of rotatable bonds is 5. The number of hydrogen-bond acceptors (Lipinski definition) is 5. The molecule has 0 aliphatic rings. The smallest absolute Gasteiger partial charge is 0.341 e. The van der Waals surface area contributed by atoms with Gasteiger partial charge in [0.1, 0.15) is 11.3 Å². The van der Waals surface area contributed by atoms with Gasteiger partial charge in [-0.2, -0.15) is 0 Å². The van der Waals surface area contributed by atoms with E-state index in [0.717, 1.165) is 0 Å². The van der Waals surface area contributed by atoms with Crippen LogP contribution in [-0.4, -0.2) is 38.9 Å². The van der Waals surface area contributed by atoms with E-state index in [1.54, 1.807) is 11.8 Å². The molecule has 0 spiro atoms. The van der Waals surface area contributed by atoms with Gasteiger partial charge in [-0.25, -0.2) is 4.79 Å². The van der Waals surface area contributed by atoms with E-state index in [1.165, 1.54) is 16.8 Å². The molecule has 0 saturated heterocycles. The SMILES string of the molecule is CCN(CC)c1cc(O)c2c(c1O)c(=O)c(C(=O)O)cn2CC. The predicted octanol–water partition coefficient (Wildman–Crippen LogP) is 1.98. The standard InChI is InChI=1S/C16H20N2O5/c1-4-17(5-2)10-7-11(19)13-12(15(10)21)14(20)9(16(22)23)8-18(13)6-3/h7-8,19,21H,4-6H2,1-3H3,(H,22,23). The van der Waals surface area contributed by atoms with Crippen molar-refractivity contribution in [3.63, 3.8) is 0 Å². The highest BCUT2D eigenvalue weighted by Gasteiger charge is 2.23. The molecule has 0 aliphatic carbocycles. The van der Waals surface area contributed by atoms with Gasteiger partial charge in [-0.05, 0) is 20.8 Å². The fraction of sp³-hybridized carbons (Fsp3) is 0.375. The minimum absolute atomic E-state index is 0.135. The van der Waals surface area contributed by atoms with Gasteiger partial charge in [-0.1, -0.05) is 0 Å². The Balaban J connectivity index is 3.01. The monoisotopic (exact) mass is 320 g/mol. The summed E-state index contributed by atoms with van der Waals surface area (Å²) in [5.74, 6) is -1.85. The third-order valence-electron chi connectivity index (χ3n) is 3.95. The lowest BCUT2D eigenvalue weighted by Crippen LogP contribution is -2.23. The molecule has 124 valence electrons. The molecule has 2 aromatic rings. The van der Waals surface area contributed by atoms with Crippen LogP contribution in [0.25, 0.3) is 10.9 Å². The molecular formula is C16H20N2O5. The summed E-state index contributed by atoms with van der Waals surface area (Å²) in [5.41, 5.74) is -0.803. The van der Waals surface area contributed by atoms with Gasteiger partial charge in [0.15, 0.2) is 5.75 Å². The number of carboxylic acid groups (broad SMARTS) is 1. The van der Waals surface area contributed by atoms with Crippen LogP contribution in [0.2, 0.25) is 0 Å². The molecule has 3 N–H and O–H groups in total. The van der Waals surface area contributed by atoms with Crippen molar-refractivity contribution >= 4 is 22.6 Å². The summed E-state index contributed by atoms with van der Waals surface area (Å²) in [4.78, 5) is 25.5. The van der Waals surface area contributed by atoms with Crippen molar-refractivity contribution in [3.05, 3.63) is 28.0 Å². The summed E-state index contributed by atoms with van der Waals surface area (Å²) >= 11 is 0. The maximum Gasteiger partial charge on any atom is 0.341 e. The van der Waals surface area contributed by atoms with Gasteiger partial charge in [-0.3, -0.25) is 4.79 Å². The average Bonchev–Trinajstić information content (AvgIpc) is 2.52. The van der Waals surface area contributed by atoms with Gasteiger partial charge in [-0.15, -0.1) is 0 Å². The topological polar surface area (TPSA) is 103 Å². The highest BCUT2D eigenvalue weighted by molar-refractivity contribution is 5.99. The number of carboxylic acids is 1. The number of benzene rings is 1. The maximum absolute atomic E-state index is 12.5. The lowest BCUT2D eigenvalue weighted by Gasteiger charge is -2.24. The van der Waals surface area contributed by atoms with Crippen molar-refractivity contribution in [3.8, 4) is 11.5 Å². The number of fused-ring (bicyclic) bond motifs is 1. The van der Waals surface area contributed by atoms with Crippen LogP contribution in [-0.2, 0) is 6.54 Å². The molecule has 0 aliphatic heterocycles. The normalized spacial score (nSPS) is 10.9. The quantitative estimate of drug-likeness (QED) is 0.728. The van der Waals surface area contributed by atoms with Crippen molar-refractivity contribution in [2.75, 3.05) is 18.0 Å². The van der Waals surface area contributed by atoms with Crippen molar-refractivity contribution in [2.45, 2.75) is 27.3 Å². The van der Waals surface area contributed by atoms with E-state index in [-0.39, 0.29) is 22.4 Å². The number of aryl methyl sites for hydroxylation is 1. The van der Waals surface area contributed by atoms with Gasteiger partial charge in [0.05, 0.1) is 16.6 Å². The van der Waals surface area contributed by atoms with Crippen LogP contribution in [0.15, 0.2) is 17.1 Å². The molecule has 0 amide bonds. The second kappa shape index (κ2) is 6.20. The third-order valence-corrected chi connectivity index (χ3v) is 3.95. The van der Waals surface area contributed by atoms with Crippen molar-refractivity contribution in [1.29, 1.82) is 0 Å². The van der Waals surface area contributed by atoms with Gasteiger partial charge in [0.2, 0.25) is 5.43 Å². The summed E-state index contributed by atoms with van der Waals surface area (Å²) in [6, 6.07) is 1.40. The Morgan fingerprint density at radius 2 is 1.83 bits per heavy atom. The van der Waals surface area contributed by atoms with E-state index < -0.39 is 17.0 Å². The van der Waals surface area contributed by atoms with E-state index in [9.17, 15) is 24.9 Å². The van der Waals surface area contributed by atoms with Gasteiger partial charge in [0, 0.05) is 31.9 Å². The zero-order valence-electron chi connectivity index (χ0n) is 13.3. The van der Waals surface area contributed by atoms with Crippen molar-refractivity contribution in [2.24, 2.45) is 0 Å². The van der Waals surface area contributed by atoms with Gasteiger partial charge in [0.25, 0.3) is 0 Å². The first kappa shape index (κ1) is 16.7. The molecule has 0 saturated carbocycles. The Labute approximate surface area is 133 Å². The number of aromatic hydroxyl groups is 2. The number of pyridine rings is 1. The fourth-order valence-electron chi connectivity index (χ4n) is 2.76. The second-order valence-electron chi connectivity index (χ2n) is 5.12. The van der Waals surface area contributed by atoms with Gasteiger partial charge >= 0.3 is 5.97 Å². The molecule has 0 atom stereocenters. The van der Waals surface area contributed by atoms with Crippen LogP contribution >= 0.6 is 0 Å². The zero-order valence-corrected chi connectivity index (χ0v) is 13.3. The zero-order chi connectivity index (χ0) is 17.3. The predicted molar refractivity (Wildman–Crippen MR) is 87.7 cm³/mol. The molecule has 2 rings (SSSR count). The molecule has 0 bridgehead atoms. The average molecular weight is 320 g/mol. The molecule has 1 aromatic heterocycles. The highest BCUT2D eigenvalue weighted by atomic mass is 16.4. The summed E-state index contributed by atoms with van der Waals surface area (Å²) in [6.07, 6.45) is 1.18. The Hall–Kier alpha value is -2.70. The summed E-state index contributed by atoms with van der Waals surface area (Å²) < 4.78 is 1.45. The summed E-state index contributed by atoms with van der Waals surface area (Å²) in [6.45, 7) is 6.98. The molecule has 7 heteroatoms. The lowest BCUT2D eigenvalue weighted by molar-refractivity contribution is 0.0695. The number of carbonyl (C=O) groups is 1. The number of anilines is 1. The molecule has 0 fully saturated rings. The largest absolute Gasteiger partial charge is 0.506 e. The minimum atomic E-state index is -1.37. The molecule has 1 aromatic carbocycles. The lowest BCUT2D eigenvalue weighted by atomic mass is 10.1. The van der Waals surface area contributed by atoms with E-state index in [1.807, 2.05) is 13.8 Å². The molecule has 0 unspecified atom stereocenters. The van der Waals surface area contributed by atoms with Crippen LogP contribution in [0.3, 0.4) is 0 Å². The first-order chi connectivity index (χ1) is 10.9. The maximum atomic E-state index is 12.5. The van der Waals surface area contributed by atoms with E-state index in [4.69, 9.17) is 0 Å². The molecule has 23 heavy (non-hydrogen) atoms. The van der Waals surface area contributed by atoms with Crippen LogP contribution in [0, 0.1) is 0 Å². The number of aromatic carboxylic acids is 1. The Bertz CT molecular complexity index is 822. The number of aromatic nitrogens is 1. The Morgan fingerprint density at radius 3 is 2.30 bits per heavy atom. The third kappa shape index (κ3) is 2.58. The second-order valence-corrected chi connectivity index (χ2v) is 5.12. The molecular weight excluding hydrogens is 300 g/mol. The molecule has 0 radical (unpaired) electrons. The number of nitrogens with zero attached hydrogens (tertiary/aromatic N) is 2. The first-order valence-corrected chi connectivity index (χ1v) is 7.47. The highest BCUT2D eigenvalue weighted by Crippen LogP contribution is 2.39. The van der Waals surface area contributed by atoms with Crippen molar-refractivity contribution < 1.29 is 20.1 Å². The number of phenols is 2. The molecule has 7 nitrogen and oxygen atoms in total. The minimum Gasteiger partial charge on any atom is -0.506 e. The van der Waals surface area contributed by atoms with Gasteiger partial charge < -0.3 is 24.8 Å². The summed E-state index contributed by atoms with van der Waals surface area (Å²) in [7, 11) is 0. The number of hydrogen-bond donors (Lipinski definition) is 3. The van der Waals surface area contributed by atoms with Crippen LogP contribution in [0.1, 0.15) is 31.1 Å². The van der Waals surface area contributed by atoms with Crippen LogP contribution in [0.5, 0.6) is 11.5 Å². The van der Waals surface area contributed by atoms with E-state index in [2.05, 4.69) is 0 Å². The van der Waals surface area contributed by atoms with Crippen LogP contribution < -0.4 is 10.3 Å². The number of phenolic OH excluding ortho intramolecular Hbond substituents is 2. The van der Waals surface area contributed by atoms with E-state index >= 15 is 0 Å². The van der Waals surface area contributed by atoms with Crippen molar-refractivity contribution in [1.82, 2.24) is 4.57 Å². The fourth-order valence-corrected chi connectivity index (χ4v) is 2.76. The van der Waals surface area contributed by atoms with E-state index in [0.29, 0.717) is 25.3 Å². The van der Waals surface area contributed by atoms with Crippen LogP contribution in [0.4, 0.5) is 5.69 Å². The Morgan fingerprint density at radius 1 is 1.22 bits per heavy atom. The first-order valence-electron chi connectivity index (χ1n) is 7.47. The summed E-state index contributed by atoms with van der Waals surface area (Å²) in [5, 5.41) is 29.9.